The van der Waals surface area contributed by atoms with Crippen molar-refractivity contribution in [3.63, 3.8) is 0 Å². The minimum atomic E-state index is -2.19. The Balaban J connectivity index is 2.70. The molecule has 0 aliphatic heterocycles. The standard InChI is InChI=1S/C12H15O2.3C4H9.Sn/c1-10(2)8-14-9-11-4-6-12(13-3)7-5-11;3*1-3-4-2;/h1,4-7H,8-9H2,2-3H3;3*1,3-4H2,2H3;. The molecular formula is C24H42O2Sn. The third kappa shape index (κ3) is 10.0. The molecule has 0 fully saturated rings. The molecule has 0 unspecified atom stereocenters. The molecule has 2 nitrogen and oxygen atoms in total. The summed E-state index contributed by atoms with van der Waals surface area (Å²) in [7, 11) is 1.70. The first-order chi connectivity index (χ1) is 13.1. The maximum absolute atomic E-state index is 6.04. The quantitative estimate of drug-likeness (QED) is 0.241. The summed E-state index contributed by atoms with van der Waals surface area (Å²) in [6.45, 7) is 10.8. The van der Waals surface area contributed by atoms with Crippen LogP contribution in [0.15, 0.2) is 33.9 Å². The van der Waals surface area contributed by atoms with Gasteiger partial charge in [-0.3, -0.25) is 0 Å². The van der Waals surface area contributed by atoms with Crippen molar-refractivity contribution in [2.75, 3.05) is 13.7 Å². The Morgan fingerprint density at radius 3 is 1.85 bits per heavy atom. The first-order valence-electron chi connectivity index (χ1n) is 11.0. The normalized spacial score (nSPS) is 12.4. The summed E-state index contributed by atoms with van der Waals surface area (Å²) in [5, 5.41) is 0. The summed E-state index contributed by atoms with van der Waals surface area (Å²) in [6, 6.07) is 8.18. The first kappa shape index (κ1) is 24.6. The number of methoxy groups -OCH3 is 1. The molecule has 0 saturated heterocycles. The van der Waals surface area contributed by atoms with Crippen molar-refractivity contribution in [2.45, 2.75) is 86.1 Å². The van der Waals surface area contributed by atoms with Crippen LogP contribution in [-0.2, 0) is 11.3 Å². The molecule has 0 spiro atoms. The molecule has 0 N–H and O–H groups in total. The van der Waals surface area contributed by atoms with Gasteiger partial charge in [-0.15, -0.1) is 0 Å². The monoisotopic (exact) mass is 482 g/mol. The van der Waals surface area contributed by atoms with Gasteiger partial charge in [0.05, 0.1) is 0 Å². The number of unbranched alkanes of at least 4 members (excludes halogenated alkanes) is 3. The van der Waals surface area contributed by atoms with E-state index >= 15 is 0 Å². The third-order valence-electron chi connectivity index (χ3n) is 5.39. The molecule has 0 aliphatic rings. The van der Waals surface area contributed by atoms with Crippen molar-refractivity contribution in [1.29, 1.82) is 0 Å². The van der Waals surface area contributed by atoms with Gasteiger partial charge in [-0.05, 0) is 0 Å². The van der Waals surface area contributed by atoms with Gasteiger partial charge in [-0.1, -0.05) is 0 Å². The Morgan fingerprint density at radius 1 is 0.889 bits per heavy atom. The van der Waals surface area contributed by atoms with Crippen molar-refractivity contribution < 1.29 is 9.47 Å². The number of rotatable bonds is 15. The van der Waals surface area contributed by atoms with Crippen LogP contribution in [0.3, 0.4) is 0 Å². The van der Waals surface area contributed by atoms with Crippen molar-refractivity contribution in [1.82, 2.24) is 0 Å². The Hall–Kier alpha value is -0.481. The molecule has 1 aromatic rings. The number of hydrogen-bond donors (Lipinski definition) is 0. The second-order valence-electron chi connectivity index (χ2n) is 8.00. The van der Waals surface area contributed by atoms with E-state index in [2.05, 4.69) is 43.9 Å². The van der Waals surface area contributed by atoms with E-state index in [0.29, 0.717) is 6.61 Å². The molecular weight excluding hydrogens is 439 g/mol. The predicted octanol–water partition coefficient (Wildman–Crippen LogP) is 7.55. The van der Waals surface area contributed by atoms with Gasteiger partial charge < -0.3 is 0 Å². The molecule has 27 heavy (non-hydrogen) atoms. The maximum atomic E-state index is 6.04. The summed E-state index contributed by atoms with van der Waals surface area (Å²) in [5.41, 5.74) is 2.68. The zero-order chi connectivity index (χ0) is 20.0. The Morgan fingerprint density at radius 2 is 1.41 bits per heavy atom. The van der Waals surface area contributed by atoms with E-state index in [1.165, 1.54) is 63.0 Å². The molecule has 0 heterocycles. The van der Waals surface area contributed by atoms with E-state index in [9.17, 15) is 0 Å². The fourth-order valence-corrected chi connectivity index (χ4v) is 19.4. The molecule has 0 bridgehead atoms. The van der Waals surface area contributed by atoms with Crippen LogP contribution in [-0.4, -0.2) is 32.1 Å². The molecule has 0 atom stereocenters. The SMILES string of the molecule is CCC[CH2][Sn](/[CH]=C(\C)COCc1ccc(OC)cc1)([CH2]CCC)[CH2]CCC. The summed E-state index contributed by atoms with van der Waals surface area (Å²) >= 11 is -2.19. The van der Waals surface area contributed by atoms with Crippen molar-refractivity contribution in [3.8, 4) is 5.75 Å². The Kier molecular flexibility index (Phi) is 13.2. The van der Waals surface area contributed by atoms with Gasteiger partial charge >= 0.3 is 173 Å². The van der Waals surface area contributed by atoms with E-state index in [4.69, 9.17) is 9.47 Å². The van der Waals surface area contributed by atoms with E-state index in [-0.39, 0.29) is 0 Å². The van der Waals surface area contributed by atoms with Crippen molar-refractivity contribution >= 4 is 18.4 Å². The van der Waals surface area contributed by atoms with Gasteiger partial charge in [0, 0.05) is 0 Å². The molecule has 0 amide bonds. The van der Waals surface area contributed by atoms with Crippen LogP contribution in [0.4, 0.5) is 0 Å². The molecule has 3 heteroatoms. The third-order valence-corrected chi connectivity index (χ3v) is 20.1. The molecule has 0 aromatic heterocycles. The van der Waals surface area contributed by atoms with E-state index in [0.717, 1.165) is 12.4 Å². The summed E-state index contributed by atoms with van der Waals surface area (Å²) in [6.07, 6.45) is 8.24. The van der Waals surface area contributed by atoms with E-state index < -0.39 is 18.4 Å². The van der Waals surface area contributed by atoms with E-state index in [1.807, 2.05) is 12.1 Å². The molecule has 1 aromatic carbocycles. The van der Waals surface area contributed by atoms with Crippen LogP contribution in [0.2, 0.25) is 13.3 Å². The fraction of sp³-hybridized carbons (Fsp3) is 0.667. The van der Waals surface area contributed by atoms with Crippen LogP contribution in [0, 0.1) is 0 Å². The van der Waals surface area contributed by atoms with E-state index in [1.54, 1.807) is 7.11 Å². The predicted molar refractivity (Wildman–Crippen MR) is 121 cm³/mol. The number of benzene rings is 1. The molecule has 154 valence electrons. The van der Waals surface area contributed by atoms with Gasteiger partial charge in [0.15, 0.2) is 0 Å². The molecule has 0 aliphatic carbocycles. The Bertz CT molecular complexity index is 500. The molecule has 0 radical (unpaired) electrons. The summed E-state index contributed by atoms with van der Waals surface area (Å²) in [5.74, 6) is 0.899. The second-order valence-corrected chi connectivity index (χ2v) is 20.9. The molecule has 0 saturated carbocycles. The summed E-state index contributed by atoms with van der Waals surface area (Å²) in [4.78, 5) is 0. The van der Waals surface area contributed by atoms with Crippen LogP contribution >= 0.6 is 0 Å². The van der Waals surface area contributed by atoms with Crippen molar-refractivity contribution in [2.24, 2.45) is 0 Å². The van der Waals surface area contributed by atoms with Gasteiger partial charge in [0.1, 0.15) is 0 Å². The number of hydrogen-bond acceptors (Lipinski definition) is 2. The van der Waals surface area contributed by atoms with Crippen LogP contribution in [0.25, 0.3) is 0 Å². The van der Waals surface area contributed by atoms with Gasteiger partial charge in [0.2, 0.25) is 0 Å². The Labute approximate surface area is 172 Å². The average molecular weight is 481 g/mol. The zero-order valence-electron chi connectivity index (χ0n) is 18.5. The fourth-order valence-electron chi connectivity index (χ4n) is 3.79. The van der Waals surface area contributed by atoms with Crippen LogP contribution in [0.1, 0.15) is 71.8 Å². The second kappa shape index (κ2) is 14.5. The first-order valence-corrected chi connectivity index (χ1v) is 18.7. The van der Waals surface area contributed by atoms with Gasteiger partial charge in [-0.25, -0.2) is 0 Å². The zero-order valence-corrected chi connectivity index (χ0v) is 21.3. The van der Waals surface area contributed by atoms with Crippen molar-refractivity contribution in [3.05, 3.63) is 39.5 Å². The van der Waals surface area contributed by atoms with Crippen LogP contribution in [0.5, 0.6) is 5.75 Å². The van der Waals surface area contributed by atoms with Crippen LogP contribution < -0.4 is 4.74 Å². The molecule has 1 rings (SSSR count). The number of ether oxygens (including phenoxy) is 2. The average Bonchev–Trinajstić information content (AvgIpc) is 2.69. The minimum absolute atomic E-state index is 0.677. The topological polar surface area (TPSA) is 18.5 Å². The summed E-state index contributed by atoms with van der Waals surface area (Å²) < 4.78 is 18.6. The van der Waals surface area contributed by atoms with Gasteiger partial charge in [-0.2, -0.15) is 0 Å². The van der Waals surface area contributed by atoms with Gasteiger partial charge in [0.25, 0.3) is 0 Å².